The molecule has 0 aliphatic heterocycles. The van der Waals surface area contributed by atoms with E-state index in [0.29, 0.717) is 5.22 Å². The first-order chi connectivity index (χ1) is 12.0. The Hall–Kier alpha value is -1.41. The minimum atomic E-state index is -0.634. The summed E-state index contributed by atoms with van der Waals surface area (Å²) in [6.45, 7) is 4.62. The molecule has 1 aliphatic carbocycles. The van der Waals surface area contributed by atoms with Crippen LogP contribution in [0.3, 0.4) is 0 Å². The molecule has 7 nitrogen and oxygen atoms in total. The molecule has 1 heterocycles. The molecule has 0 saturated heterocycles. The average Bonchev–Trinajstić information content (AvgIpc) is 3.08. The van der Waals surface area contributed by atoms with Crippen molar-refractivity contribution >= 4 is 23.5 Å². The van der Waals surface area contributed by atoms with Crippen LogP contribution in [0.2, 0.25) is 0 Å². The van der Waals surface area contributed by atoms with Crippen LogP contribution in [-0.2, 0) is 4.79 Å². The average molecular weight is 369 g/mol. The third kappa shape index (κ3) is 5.81. The Balaban J connectivity index is 1.98. The fourth-order valence-corrected chi connectivity index (χ4v) is 3.63. The van der Waals surface area contributed by atoms with Crippen molar-refractivity contribution in [2.45, 2.75) is 57.2 Å². The second kappa shape index (κ2) is 9.91. The Morgan fingerprint density at radius 1 is 1.24 bits per heavy atom. The highest BCUT2D eigenvalue weighted by atomic mass is 32.2. The van der Waals surface area contributed by atoms with Gasteiger partial charge in [0.25, 0.3) is 11.1 Å². The van der Waals surface area contributed by atoms with E-state index in [-0.39, 0.29) is 29.4 Å². The molecule has 8 heteroatoms. The van der Waals surface area contributed by atoms with Crippen molar-refractivity contribution in [1.29, 1.82) is 0 Å². The molecule has 1 aromatic heterocycles. The topological polar surface area (TPSA) is 97.1 Å². The molecule has 0 radical (unpaired) electrons. The largest absolute Gasteiger partial charge is 0.408 e. The van der Waals surface area contributed by atoms with Gasteiger partial charge in [0.05, 0.1) is 6.04 Å². The van der Waals surface area contributed by atoms with Gasteiger partial charge in [-0.05, 0) is 25.8 Å². The van der Waals surface area contributed by atoms with Gasteiger partial charge in [0.1, 0.15) is 0 Å². The summed E-state index contributed by atoms with van der Waals surface area (Å²) in [5, 5.41) is 14.1. The quantitative estimate of drug-likeness (QED) is 0.392. The molecule has 2 N–H and O–H groups in total. The van der Waals surface area contributed by atoms with Crippen molar-refractivity contribution in [3.05, 3.63) is 5.89 Å². The van der Waals surface area contributed by atoms with E-state index in [1.54, 1.807) is 0 Å². The van der Waals surface area contributed by atoms with E-state index >= 15 is 0 Å². The molecule has 1 atom stereocenters. The SMILES string of the molecule is CNCCSc1nnc(C(=O)C(NC(=O)C2CCCCC2)C(C)C)o1. The Morgan fingerprint density at radius 3 is 2.60 bits per heavy atom. The first kappa shape index (κ1) is 19.9. The summed E-state index contributed by atoms with van der Waals surface area (Å²) in [4.78, 5) is 25.2. The van der Waals surface area contributed by atoms with Crippen LogP contribution in [0.15, 0.2) is 9.64 Å². The maximum atomic E-state index is 12.7. The lowest BCUT2D eigenvalue weighted by molar-refractivity contribution is -0.126. The van der Waals surface area contributed by atoms with Gasteiger partial charge in [-0.15, -0.1) is 10.2 Å². The van der Waals surface area contributed by atoms with Crippen LogP contribution in [0.25, 0.3) is 0 Å². The van der Waals surface area contributed by atoms with E-state index < -0.39 is 6.04 Å². The fraction of sp³-hybridized carbons (Fsp3) is 0.765. The number of carbonyl (C=O) groups is 2. The van der Waals surface area contributed by atoms with Gasteiger partial charge in [-0.3, -0.25) is 9.59 Å². The van der Waals surface area contributed by atoms with Gasteiger partial charge in [0.2, 0.25) is 11.7 Å². The summed E-state index contributed by atoms with van der Waals surface area (Å²) in [6.07, 6.45) is 5.14. The third-order valence-corrected chi connectivity index (χ3v) is 5.24. The molecule has 0 bridgehead atoms. The van der Waals surface area contributed by atoms with Crippen LogP contribution in [-0.4, -0.2) is 47.3 Å². The number of hydrogen-bond donors (Lipinski definition) is 2. The number of nitrogens with zero attached hydrogens (tertiary/aromatic N) is 2. The van der Waals surface area contributed by atoms with Crippen LogP contribution < -0.4 is 10.6 Å². The van der Waals surface area contributed by atoms with Crippen molar-refractivity contribution in [3.63, 3.8) is 0 Å². The molecular weight excluding hydrogens is 340 g/mol. The number of nitrogens with one attached hydrogen (secondary N) is 2. The standard InChI is InChI=1S/C17H28N4O3S/c1-11(2)13(19-15(23)12-7-5-4-6-8-12)14(22)16-20-21-17(24-16)25-10-9-18-3/h11-13,18H,4-10H2,1-3H3,(H,19,23). The number of rotatable bonds is 9. The highest BCUT2D eigenvalue weighted by Gasteiger charge is 2.32. The molecule has 1 aromatic rings. The highest BCUT2D eigenvalue weighted by Crippen LogP contribution is 2.24. The van der Waals surface area contributed by atoms with Crippen LogP contribution in [0, 0.1) is 11.8 Å². The van der Waals surface area contributed by atoms with E-state index in [4.69, 9.17) is 4.42 Å². The molecule has 2 rings (SSSR count). The molecule has 1 fully saturated rings. The van der Waals surface area contributed by atoms with Crippen molar-refractivity contribution in [3.8, 4) is 0 Å². The number of aromatic nitrogens is 2. The molecule has 1 aliphatic rings. The minimum absolute atomic E-state index is 0.0122. The maximum absolute atomic E-state index is 12.7. The van der Waals surface area contributed by atoms with E-state index in [0.717, 1.165) is 38.0 Å². The van der Waals surface area contributed by atoms with Crippen molar-refractivity contribution in [2.75, 3.05) is 19.3 Å². The van der Waals surface area contributed by atoms with E-state index in [1.165, 1.54) is 18.2 Å². The Labute approximate surface area is 153 Å². The predicted octanol–water partition coefficient (Wildman–Crippen LogP) is 2.28. The maximum Gasteiger partial charge on any atom is 0.286 e. The van der Waals surface area contributed by atoms with Crippen molar-refractivity contribution in [2.24, 2.45) is 11.8 Å². The van der Waals surface area contributed by atoms with Crippen LogP contribution in [0.4, 0.5) is 0 Å². The zero-order chi connectivity index (χ0) is 18.2. The second-order valence-corrected chi connectivity index (χ2v) is 7.80. The summed E-state index contributed by atoms with van der Waals surface area (Å²) in [5.74, 6) is 0.361. The molecular formula is C17H28N4O3S. The van der Waals surface area contributed by atoms with Crippen LogP contribution in [0.5, 0.6) is 0 Å². The summed E-state index contributed by atoms with van der Waals surface area (Å²) < 4.78 is 5.46. The number of carbonyl (C=O) groups excluding carboxylic acids is 2. The number of hydrogen-bond acceptors (Lipinski definition) is 7. The molecule has 140 valence electrons. The van der Waals surface area contributed by atoms with Gasteiger partial charge in [-0.2, -0.15) is 0 Å². The van der Waals surface area contributed by atoms with Gasteiger partial charge in [0, 0.05) is 18.2 Å². The van der Waals surface area contributed by atoms with Crippen molar-refractivity contribution in [1.82, 2.24) is 20.8 Å². The second-order valence-electron chi connectivity index (χ2n) is 6.75. The predicted molar refractivity (Wildman–Crippen MR) is 96.6 cm³/mol. The number of amides is 1. The number of Topliss-reactive ketones (excluding diaryl/α,β-unsaturated/α-hetero) is 1. The summed E-state index contributed by atoms with van der Waals surface area (Å²) in [6, 6.07) is -0.634. The van der Waals surface area contributed by atoms with E-state index in [9.17, 15) is 9.59 Å². The smallest absolute Gasteiger partial charge is 0.286 e. The molecule has 1 amide bonds. The lowest BCUT2D eigenvalue weighted by atomic mass is 9.88. The Kier molecular flexibility index (Phi) is 7.90. The lowest BCUT2D eigenvalue weighted by Crippen LogP contribution is -2.47. The van der Waals surface area contributed by atoms with E-state index in [2.05, 4.69) is 20.8 Å². The fourth-order valence-electron chi connectivity index (χ4n) is 2.91. The molecule has 1 unspecified atom stereocenters. The number of ketones is 1. The Morgan fingerprint density at radius 2 is 1.96 bits per heavy atom. The molecule has 1 saturated carbocycles. The van der Waals surface area contributed by atoms with Gasteiger partial charge in [-0.25, -0.2) is 0 Å². The van der Waals surface area contributed by atoms with Crippen LogP contribution >= 0.6 is 11.8 Å². The molecule has 25 heavy (non-hydrogen) atoms. The zero-order valence-corrected chi connectivity index (χ0v) is 16.0. The van der Waals surface area contributed by atoms with Gasteiger partial charge >= 0.3 is 0 Å². The first-order valence-corrected chi connectivity index (χ1v) is 9.97. The first-order valence-electron chi connectivity index (χ1n) is 8.98. The van der Waals surface area contributed by atoms with E-state index in [1.807, 2.05) is 20.9 Å². The molecule has 0 spiro atoms. The third-order valence-electron chi connectivity index (χ3n) is 4.42. The Bertz CT molecular complexity index is 570. The number of thioether (sulfide) groups is 1. The van der Waals surface area contributed by atoms with Gasteiger partial charge in [-0.1, -0.05) is 44.9 Å². The summed E-state index contributed by atoms with van der Waals surface area (Å²) in [7, 11) is 1.87. The zero-order valence-electron chi connectivity index (χ0n) is 15.2. The summed E-state index contributed by atoms with van der Waals surface area (Å²) in [5.41, 5.74) is 0. The lowest BCUT2D eigenvalue weighted by Gasteiger charge is -2.25. The van der Waals surface area contributed by atoms with Gasteiger partial charge < -0.3 is 15.1 Å². The summed E-state index contributed by atoms with van der Waals surface area (Å²) >= 11 is 1.40. The minimum Gasteiger partial charge on any atom is -0.408 e. The van der Waals surface area contributed by atoms with Gasteiger partial charge in [0.15, 0.2) is 0 Å². The monoisotopic (exact) mass is 368 g/mol. The van der Waals surface area contributed by atoms with Crippen molar-refractivity contribution < 1.29 is 14.0 Å². The van der Waals surface area contributed by atoms with Crippen LogP contribution in [0.1, 0.15) is 56.6 Å². The highest BCUT2D eigenvalue weighted by molar-refractivity contribution is 7.99. The molecule has 0 aromatic carbocycles. The normalized spacial score (nSPS) is 16.8.